The van der Waals surface area contributed by atoms with Crippen molar-refractivity contribution in [2.75, 3.05) is 6.54 Å². The predicted molar refractivity (Wildman–Crippen MR) is 58.1 cm³/mol. The van der Waals surface area contributed by atoms with Gasteiger partial charge in [-0.3, -0.25) is 0 Å². The van der Waals surface area contributed by atoms with E-state index in [0.29, 0.717) is 4.90 Å². The van der Waals surface area contributed by atoms with E-state index in [4.69, 9.17) is 5.11 Å². The number of hydrogen-bond acceptors (Lipinski definition) is 2. The second kappa shape index (κ2) is 6.46. The molecule has 1 atom stereocenters. The second-order valence-corrected chi connectivity index (χ2v) is 4.09. The van der Waals surface area contributed by atoms with Gasteiger partial charge in [0.05, 0.1) is 0 Å². The van der Waals surface area contributed by atoms with Crippen molar-refractivity contribution in [2.45, 2.75) is 45.5 Å². The minimum Gasteiger partial charge on any atom is -0.480 e. The fourth-order valence-electron chi connectivity index (χ4n) is 1.25. The van der Waals surface area contributed by atoms with E-state index in [2.05, 4.69) is 5.32 Å². The van der Waals surface area contributed by atoms with Crippen LogP contribution in [0.15, 0.2) is 0 Å². The SMILES string of the molecule is CC[C@@H](NC(=O)N(CC(F)(F)F)C(C)C)C(=O)O. The number of rotatable bonds is 5. The van der Waals surface area contributed by atoms with Crippen molar-refractivity contribution in [3.05, 3.63) is 0 Å². The smallest absolute Gasteiger partial charge is 0.406 e. The zero-order valence-corrected chi connectivity index (χ0v) is 10.4. The highest BCUT2D eigenvalue weighted by Gasteiger charge is 2.35. The summed E-state index contributed by atoms with van der Waals surface area (Å²) in [5.41, 5.74) is 0. The molecule has 2 amide bonds. The lowest BCUT2D eigenvalue weighted by Crippen LogP contribution is -2.52. The van der Waals surface area contributed by atoms with Gasteiger partial charge < -0.3 is 15.3 Å². The van der Waals surface area contributed by atoms with Crippen LogP contribution < -0.4 is 5.32 Å². The first-order chi connectivity index (χ1) is 8.08. The van der Waals surface area contributed by atoms with Crippen LogP contribution in [0.25, 0.3) is 0 Å². The summed E-state index contributed by atoms with van der Waals surface area (Å²) in [6.07, 6.45) is -4.43. The molecule has 0 aromatic carbocycles. The van der Waals surface area contributed by atoms with Gasteiger partial charge in [0.25, 0.3) is 0 Å². The molecule has 18 heavy (non-hydrogen) atoms. The number of hydrogen-bond donors (Lipinski definition) is 2. The quantitative estimate of drug-likeness (QED) is 0.800. The van der Waals surface area contributed by atoms with Gasteiger partial charge in [0.1, 0.15) is 12.6 Å². The first-order valence-electron chi connectivity index (χ1n) is 5.45. The van der Waals surface area contributed by atoms with Gasteiger partial charge >= 0.3 is 18.2 Å². The summed E-state index contributed by atoms with van der Waals surface area (Å²) in [5.74, 6) is -1.28. The largest absolute Gasteiger partial charge is 0.480 e. The number of carboxylic acid groups (broad SMARTS) is 1. The Labute approximate surface area is 103 Å². The molecule has 0 aromatic heterocycles. The Kier molecular flexibility index (Phi) is 5.93. The van der Waals surface area contributed by atoms with Crippen molar-refractivity contribution in [1.82, 2.24) is 10.2 Å². The Hall–Kier alpha value is -1.47. The summed E-state index contributed by atoms with van der Waals surface area (Å²) in [7, 11) is 0. The molecule has 0 radical (unpaired) electrons. The van der Waals surface area contributed by atoms with Crippen molar-refractivity contribution in [3.8, 4) is 0 Å². The lowest BCUT2D eigenvalue weighted by Gasteiger charge is -2.29. The maximum atomic E-state index is 12.3. The lowest BCUT2D eigenvalue weighted by atomic mass is 10.2. The van der Waals surface area contributed by atoms with Crippen LogP contribution >= 0.6 is 0 Å². The molecule has 0 aliphatic heterocycles. The molecular weight excluding hydrogens is 253 g/mol. The molecule has 0 aromatic rings. The molecule has 0 bridgehead atoms. The van der Waals surface area contributed by atoms with Crippen molar-refractivity contribution in [3.63, 3.8) is 0 Å². The Morgan fingerprint density at radius 1 is 1.33 bits per heavy atom. The van der Waals surface area contributed by atoms with Gasteiger partial charge in [-0.1, -0.05) is 6.92 Å². The number of carbonyl (C=O) groups excluding carboxylic acids is 1. The molecule has 0 aliphatic rings. The lowest BCUT2D eigenvalue weighted by molar-refractivity contribution is -0.143. The van der Waals surface area contributed by atoms with Gasteiger partial charge in [-0.05, 0) is 20.3 Å². The van der Waals surface area contributed by atoms with Gasteiger partial charge in [-0.25, -0.2) is 9.59 Å². The van der Waals surface area contributed by atoms with E-state index >= 15 is 0 Å². The summed E-state index contributed by atoms with van der Waals surface area (Å²) in [6, 6.07) is -2.90. The highest BCUT2D eigenvalue weighted by molar-refractivity contribution is 5.82. The molecule has 0 rings (SSSR count). The highest BCUT2D eigenvalue weighted by atomic mass is 19.4. The number of halogens is 3. The Morgan fingerprint density at radius 2 is 1.83 bits per heavy atom. The molecule has 0 unspecified atom stereocenters. The molecule has 0 spiro atoms. The highest BCUT2D eigenvalue weighted by Crippen LogP contribution is 2.18. The van der Waals surface area contributed by atoms with Crippen LogP contribution in [0, 0.1) is 0 Å². The number of nitrogens with one attached hydrogen (secondary N) is 1. The van der Waals surface area contributed by atoms with Crippen molar-refractivity contribution in [2.24, 2.45) is 0 Å². The van der Waals surface area contributed by atoms with Gasteiger partial charge in [-0.15, -0.1) is 0 Å². The predicted octanol–water partition coefficient (Wildman–Crippen LogP) is 1.83. The van der Waals surface area contributed by atoms with E-state index in [1.54, 1.807) is 0 Å². The molecule has 0 aliphatic carbocycles. The van der Waals surface area contributed by atoms with Crippen LogP contribution in [0.5, 0.6) is 0 Å². The van der Waals surface area contributed by atoms with Gasteiger partial charge in [-0.2, -0.15) is 13.2 Å². The number of amides is 2. The molecule has 0 heterocycles. The maximum absolute atomic E-state index is 12.3. The van der Waals surface area contributed by atoms with Crippen molar-refractivity contribution >= 4 is 12.0 Å². The summed E-state index contributed by atoms with van der Waals surface area (Å²) in [4.78, 5) is 22.8. The van der Waals surface area contributed by atoms with Crippen LogP contribution in [0.4, 0.5) is 18.0 Å². The maximum Gasteiger partial charge on any atom is 0.406 e. The number of urea groups is 1. The van der Waals surface area contributed by atoms with Gasteiger partial charge in [0.2, 0.25) is 0 Å². The molecule has 2 N–H and O–H groups in total. The fourth-order valence-corrected chi connectivity index (χ4v) is 1.25. The van der Waals surface area contributed by atoms with E-state index in [1.165, 1.54) is 20.8 Å². The zero-order valence-electron chi connectivity index (χ0n) is 10.4. The van der Waals surface area contributed by atoms with E-state index in [1.807, 2.05) is 0 Å². The third-order valence-corrected chi connectivity index (χ3v) is 2.24. The first-order valence-corrected chi connectivity index (χ1v) is 5.45. The van der Waals surface area contributed by atoms with E-state index in [9.17, 15) is 22.8 Å². The molecule has 106 valence electrons. The fraction of sp³-hybridized carbons (Fsp3) is 0.800. The zero-order chi connectivity index (χ0) is 14.5. The molecule has 5 nitrogen and oxygen atoms in total. The Bertz CT molecular complexity index is 305. The summed E-state index contributed by atoms with van der Waals surface area (Å²) < 4.78 is 36.8. The number of carboxylic acids is 1. The van der Waals surface area contributed by atoms with Crippen LogP contribution in [-0.4, -0.2) is 46.8 Å². The first kappa shape index (κ1) is 16.5. The molecule has 0 fully saturated rings. The van der Waals surface area contributed by atoms with E-state index in [-0.39, 0.29) is 6.42 Å². The monoisotopic (exact) mass is 270 g/mol. The van der Waals surface area contributed by atoms with Gasteiger partial charge in [0, 0.05) is 6.04 Å². The topological polar surface area (TPSA) is 69.6 Å². The van der Waals surface area contributed by atoms with Crippen LogP contribution in [0.3, 0.4) is 0 Å². The summed E-state index contributed by atoms with van der Waals surface area (Å²) >= 11 is 0. The summed E-state index contributed by atoms with van der Waals surface area (Å²) in [6.45, 7) is 2.95. The van der Waals surface area contributed by atoms with Crippen molar-refractivity contribution in [1.29, 1.82) is 0 Å². The van der Waals surface area contributed by atoms with E-state index in [0.717, 1.165) is 0 Å². The minimum atomic E-state index is -4.52. The van der Waals surface area contributed by atoms with Crippen LogP contribution in [0.1, 0.15) is 27.2 Å². The third-order valence-electron chi connectivity index (χ3n) is 2.24. The van der Waals surface area contributed by atoms with Crippen molar-refractivity contribution < 1.29 is 27.9 Å². The molecule has 8 heteroatoms. The van der Waals surface area contributed by atoms with Crippen LogP contribution in [-0.2, 0) is 4.79 Å². The average molecular weight is 270 g/mol. The number of carbonyl (C=O) groups is 2. The number of nitrogens with zero attached hydrogens (tertiary/aromatic N) is 1. The molecule has 0 saturated carbocycles. The van der Waals surface area contributed by atoms with Crippen LogP contribution in [0.2, 0.25) is 0 Å². The number of alkyl halides is 3. The Balaban J connectivity index is 4.72. The molecule has 0 saturated heterocycles. The number of aliphatic carboxylic acids is 1. The molecular formula is C10H17F3N2O3. The summed E-state index contributed by atoms with van der Waals surface area (Å²) in [5, 5.41) is 10.8. The minimum absolute atomic E-state index is 0.0963. The van der Waals surface area contributed by atoms with Gasteiger partial charge in [0.15, 0.2) is 0 Å². The average Bonchev–Trinajstić information content (AvgIpc) is 2.20. The third kappa shape index (κ3) is 5.74. The van der Waals surface area contributed by atoms with E-state index < -0.39 is 36.8 Å². The standard InChI is InChI=1S/C10H17F3N2O3/c1-4-7(8(16)17)14-9(18)15(6(2)3)5-10(11,12)13/h6-7H,4-5H2,1-3H3,(H,14,18)(H,16,17)/t7-/m1/s1. The Morgan fingerprint density at radius 3 is 2.11 bits per heavy atom. The normalized spacial score (nSPS) is 13.3. The second-order valence-electron chi connectivity index (χ2n) is 4.09.